The molecule has 1 aliphatic rings. The Bertz CT molecular complexity index is 511. The largest absolute Gasteiger partial charge is 0.458 e. The molecule has 1 fully saturated rings. The van der Waals surface area contributed by atoms with Gasteiger partial charge in [-0.1, -0.05) is 43.7 Å². The molecule has 0 aromatic heterocycles. The molecule has 0 aliphatic carbocycles. The lowest BCUT2D eigenvalue weighted by molar-refractivity contribution is -0.174. The van der Waals surface area contributed by atoms with Gasteiger partial charge in [0.15, 0.2) is 0 Å². The number of likely N-dealkylation sites (tertiary alicyclic amines) is 1. The Hall–Kier alpha value is -1.35. The third-order valence-corrected chi connectivity index (χ3v) is 5.08. The zero-order chi connectivity index (χ0) is 16.3. The Morgan fingerprint density at radius 2 is 1.95 bits per heavy atom. The van der Waals surface area contributed by atoms with E-state index in [2.05, 4.69) is 57.0 Å². The summed E-state index contributed by atoms with van der Waals surface area (Å²) in [5.41, 5.74) is 2.13. The van der Waals surface area contributed by atoms with Gasteiger partial charge in [0, 0.05) is 37.8 Å². The van der Waals surface area contributed by atoms with Gasteiger partial charge < -0.3 is 9.64 Å². The number of aryl methyl sites for hydroxylation is 1. The Labute approximate surface area is 134 Å². The topological polar surface area (TPSA) is 29.5 Å². The molecule has 3 heteroatoms. The monoisotopic (exact) mass is 303 g/mol. The lowest BCUT2D eigenvalue weighted by Crippen LogP contribution is -2.56. The van der Waals surface area contributed by atoms with Gasteiger partial charge >= 0.3 is 5.97 Å². The van der Waals surface area contributed by atoms with Crippen LogP contribution in [0.15, 0.2) is 24.3 Å². The normalized spacial score (nSPS) is 29.3. The standard InChI is InChI=1S/C19H29NO2/c1-6-18(21)22-19(11-16(4)20(5)13-15(19)3)12-17-9-7-14(2)8-10-17/h7-10,15-16H,6,11-13H2,1-5H3/t15-,16-,19-/m0/s1. The maximum absolute atomic E-state index is 12.0. The fourth-order valence-electron chi connectivity index (χ4n) is 3.41. The predicted octanol–water partition coefficient (Wildman–Crippen LogP) is 3.59. The highest BCUT2D eigenvalue weighted by Gasteiger charge is 2.45. The molecule has 3 atom stereocenters. The third-order valence-electron chi connectivity index (χ3n) is 5.08. The highest BCUT2D eigenvalue weighted by molar-refractivity contribution is 5.69. The van der Waals surface area contributed by atoms with E-state index in [9.17, 15) is 4.79 Å². The second-order valence-electron chi connectivity index (χ2n) is 6.95. The summed E-state index contributed by atoms with van der Waals surface area (Å²) in [7, 11) is 2.15. The lowest BCUT2D eigenvalue weighted by Gasteiger charge is -2.48. The minimum atomic E-state index is -0.381. The summed E-state index contributed by atoms with van der Waals surface area (Å²) in [6, 6.07) is 9.01. The molecule has 0 unspecified atom stereocenters. The van der Waals surface area contributed by atoms with E-state index < -0.39 is 0 Å². The maximum atomic E-state index is 12.0. The number of nitrogens with zero attached hydrogens (tertiary/aromatic N) is 1. The first-order valence-corrected chi connectivity index (χ1v) is 8.34. The molecule has 22 heavy (non-hydrogen) atoms. The van der Waals surface area contributed by atoms with Crippen LogP contribution >= 0.6 is 0 Å². The second kappa shape index (κ2) is 6.82. The van der Waals surface area contributed by atoms with Crippen molar-refractivity contribution in [3.05, 3.63) is 35.4 Å². The van der Waals surface area contributed by atoms with E-state index in [1.807, 2.05) is 6.92 Å². The van der Waals surface area contributed by atoms with Crippen LogP contribution in [0.1, 0.15) is 44.7 Å². The van der Waals surface area contributed by atoms with Crippen molar-refractivity contribution in [2.45, 2.75) is 58.6 Å². The number of carbonyl (C=O) groups is 1. The van der Waals surface area contributed by atoms with Gasteiger partial charge in [0.05, 0.1) is 0 Å². The van der Waals surface area contributed by atoms with E-state index in [1.54, 1.807) is 0 Å². The fourth-order valence-corrected chi connectivity index (χ4v) is 3.41. The van der Waals surface area contributed by atoms with Crippen LogP contribution in [0, 0.1) is 12.8 Å². The number of hydrogen-bond acceptors (Lipinski definition) is 3. The molecule has 1 saturated heterocycles. The highest BCUT2D eigenvalue weighted by Crippen LogP contribution is 2.37. The van der Waals surface area contributed by atoms with E-state index in [-0.39, 0.29) is 11.6 Å². The number of rotatable bonds is 4. The summed E-state index contributed by atoms with van der Waals surface area (Å²) in [5, 5.41) is 0. The van der Waals surface area contributed by atoms with Crippen molar-refractivity contribution in [2.24, 2.45) is 5.92 Å². The molecule has 1 aromatic carbocycles. The van der Waals surface area contributed by atoms with Crippen LogP contribution in [0.3, 0.4) is 0 Å². The summed E-state index contributed by atoms with van der Waals surface area (Å²) < 4.78 is 6.03. The van der Waals surface area contributed by atoms with Crippen molar-refractivity contribution in [1.29, 1.82) is 0 Å². The van der Waals surface area contributed by atoms with Crippen molar-refractivity contribution in [3.8, 4) is 0 Å². The highest BCUT2D eigenvalue weighted by atomic mass is 16.6. The Balaban J connectivity index is 2.28. The molecule has 2 rings (SSSR count). The number of hydrogen-bond donors (Lipinski definition) is 0. The van der Waals surface area contributed by atoms with Gasteiger partial charge in [0.1, 0.15) is 5.60 Å². The molecule has 0 N–H and O–H groups in total. The van der Waals surface area contributed by atoms with Gasteiger partial charge in [-0.25, -0.2) is 0 Å². The van der Waals surface area contributed by atoms with Crippen molar-refractivity contribution in [1.82, 2.24) is 4.90 Å². The predicted molar refractivity (Wildman–Crippen MR) is 89.9 cm³/mol. The van der Waals surface area contributed by atoms with E-state index in [0.29, 0.717) is 18.4 Å². The summed E-state index contributed by atoms with van der Waals surface area (Å²) >= 11 is 0. The Kier molecular flexibility index (Phi) is 5.28. The summed E-state index contributed by atoms with van der Waals surface area (Å²) in [6.45, 7) is 9.35. The average Bonchev–Trinajstić information content (AvgIpc) is 2.47. The van der Waals surface area contributed by atoms with Crippen molar-refractivity contribution in [2.75, 3.05) is 13.6 Å². The van der Waals surface area contributed by atoms with Crippen LogP contribution in [0.4, 0.5) is 0 Å². The van der Waals surface area contributed by atoms with Crippen molar-refractivity contribution >= 4 is 5.97 Å². The summed E-state index contributed by atoms with van der Waals surface area (Å²) in [4.78, 5) is 14.4. The number of benzene rings is 1. The van der Waals surface area contributed by atoms with Gasteiger partial charge in [0.2, 0.25) is 0 Å². The zero-order valence-electron chi connectivity index (χ0n) is 14.6. The fraction of sp³-hybridized carbons (Fsp3) is 0.632. The van der Waals surface area contributed by atoms with E-state index in [0.717, 1.165) is 19.4 Å². The Morgan fingerprint density at radius 3 is 2.55 bits per heavy atom. The molecule has 0 bridgehead atoms. The molecule has 1 aliphatic heterocycles. The first-order chi connectivity index (χ1) is 10.4. The van der Waals surface area contributed by atoms with Crippen LogP contribution in [0.2, 0.25) is 0 Å². The number of esters is 1. The summed E-state index contributed by atoms with van der Waals surface area (Å²) in [5.74, 6) is 0.237. The summed E-state index contributed by atoms with van der Waals surface area (Å²) in [6.07, 6.45) is 2.13. The first kappa shape index (κ1) is 17.0. The van der Waals surface area contributed by atoms with Gasteiger partial charge in [-0.05, 0) is 26.5 Å². The van der Waals surface area contributed by atoms with Crippen LogP contribution in [-0.4, -0.2) is 36.1 Å². The number of carbonyl (C=O) groups excluding carboxylic acids is 1. The second-order valence-corrected chi connectivity index (χ2v) is 6.95. The minimum Gasteiger partial charge on any atom is -0.458 e. The van der Waals surface area contributed by atoms with Crippen molar-refractivity contribution < 1.29 is 9.53 Å². The third kappa shape index (κ3) is 3.70. The molecular formula is C19H29NO2. The zero-order valence-corrected chi connectivity index (χ0v) is 14.6. The number of piperidine rings is 1. The number of ether oxygens (including phenoxy) is 1. The first-order valence-electron chi connectivity index (χ1n) is 8.34. The SMILES string of the molecule is CCC(=O)O[C@]1(Cc2ccc(C)cc2)C[C@H](C)N(C)C[C@@H]1C. The van der Waals surface area contributed by atoms with E-state index in [1.165, 1.54) is 11.1 Å². The van der Waals surface area contributed by atoms with Gasteiger partial charge in [0.25, 0.3) is 0 Å². The van der Waals surface area contributed by atoms with Gasteiger partial charge in [-0.3, -0.25) is 4.79 Å². The smallest absolute Gasteiger partial charge is 0.306 e. The molecule has 3 nitrogen and oxygen atoms in total. The van der Waals surface area contributed by atoms with Crippen LogP contribution in [-0.2, 0) is 16.0 Å². The van der Waals surface area contributed by atoms with Crippen LogP contribution in [0.5, 0.6) is 0 Å². The van der Waals surface area contributed by atoms with Gasteiger partial charge in [-0.15, -0.1) is 0 Å². The molecule has 0 spiro atoms. The maximum Gasteiger partial charge on any atom is 0.306 e. The minimum absolute atomic E-state index is 0.0873. The molecule has 0 saturated carbocycles. The molecule has 1 aromatic rings. The van der Waals surface area contributed by atoms with Crippen molar-refractivity contribution in [3.63, 3.8) is 0 Å². The quantitative estimate of drug-likeness (QED) is 0.796. The molecule has 0 radical (unpaired) electrons. The molecular weight excluding hydrogens is 274 g/mol. The Morgan fingerprint density at radius 1 is 1.32 bits per heavy atom. The van der Waals surface area contributed by atoms with Crippen LogP contribution < -0.4 is 0 Å². The molecule has 1 heterocycles. The van der Waals surface area contributed by atoms with E-state index >= 15 is 0 Å². The van der Waals surface area contributed by atoms with Crippen LogP contribution in [0.25, 0.3) is 0 Å². The van der Waals surface area contributed by atoms with E-state index in [4.69, 9.17) is 4.74 Å². The molecule has 122 valence electrons. The van der Waals surface area contributed by atoms with Gasteiger partial charge in [-0.2, -0.15) is 0 Å². The lowest BCUT2D eigenvalue weighted by atomic mass is 9.75. The molecule has 0 amide bonds. The average molecular weight is 303 g/mol.